The second-order valence-electron chi connectivity index (χ2n) is 7.09. The smallest absolute Gasteiger partial charge is 0.254 e. The highest BCUT2D eigenvalue weighted by Gasteiger charge is 2.50. The normalized spacial score (nSPS) is 29.4. The average molecular weight is 377 g/mol. The Kier molecular flexibility index (Phi) is 9.99. The van der Waals surface area contributed by atoms with Crippen LogP contribution >= 0.6 is 0 Å². The van der Waals surface area contributed by atoms with Crippen molar-refractivity contribution in [3.05, 3.63) is 0 Å². The fraction of sp³-hybridized carbons (Fsp3) is 0.944. The highest BCUT2D eigenvalue weighted by atomic mass is 16.7. The van der Waals surface area contributed by atoms with Gasteiger partial charge in [0.1, 0.15) is 18.3 Å². The van der Waals surface area contributed by atoms with Crippen LogP contribution in [0.3, 0.4) is 0 Å². The van der Waals surface area contributed by atoms with Crippen molar-refractivity contribution < 1.29 is 34.3 Å². The van der Waals surface area contributed by atoms with Gasteiger partial charge in [-0.3, -0.25) is 4.79 Å². The van der Waals surface area contributed by atoms with Crippen molar-refractivity contribution in [3.63, 3.8) is 0 Å². The molecule has 1 aliphatic rings. The predicted molar refractivity (Wildman–Crippen MR) is 95.5 cm³/mol. The van der Waals surface area contributed by atoms with E-state index in [1.165, 1.54) is 0 Å². The lowest BCUT2D eigenvalue weighted by Gasteiger charge is -2.43. The summed E-state index contributed by atoms with van der Waals surface area (Å²) in [6, 6.07) is 0. The summed E-state index contributed by atoms with van der Waals surface area (Å²) in [5.41, 5.74) is 0. The molecule has 0 aliphatic carbocycles. The molecule has 0 bridgehead atoms. The Morgan fingerprint density at radius 1 is 1.08 bits per heavy atom. The lowest BCUT2D eigenvalue weighted by Crippen LogP contribution is -2.63. The van der Waals surface area contributed by atoms with Gasteiger partial charge in [0, 0.05) is 19.7 Å². The van der Waals surface area contributed by atoms with Crippen LogP contribution in [0.25, 0.3) is 0 Å². The molecule has 0 spiro atoms. The van der Waals surface area contributed by atoms with Gasteiger partial charge in [0.15, 0.2) is 12.4 Å². The zero-order chi connectivity index (χ0) is 19.9. The first-order chi connectivity index (χ1) is 12.2. The van der Waals surface area contributed by atoms with E-state index in [4.69, 9.17) is 19.3 Å². The molecule has 1 amide bonds. The summed E-state index contributed by atoms with van der Waals surface area (Å²) in [5.74, 6) is -0.320. The third-order valence-electron chi connectivity index (χ3n) is 4.15. The van der Waals surface area contributed by atoms with Crippen molar-refractivity contribution in [2.45, 2.75) is 90.4 Å². The van der Waals surface area contributed by atoms with Gasteiger partial charge in [-0.15, -0.1) is 0 Å². The van der Waals surface area contributed by atoms with Crippen molar-refractivity contribution in [1.29, 1.82) is 0 Å². The zero-order valence-corrected chi connectivity index (χ0v) is 16.5. The number of aliphatic hydroxyl groups is 3. The number of carbonyl (C=O) groups is 1. The third kappa shape index (κ3) is 6.44. The fourth-order valence-corrected chi connectivity index (χ4v) is 2.90. The highest BCUT2D eigenvalue weighted by Crippen LogP contribution is 2.27. The number of amides is 1. The minimum absolute atomic E-state index is 0.0694. The second-order valence-corrected chi connectivity index (χ2v) is 7.09. The molecular weight excluding hydrogens is 342 g/mol. The van der Waals surface area contributed by atoms with Crippen LogP contribution in [0.1, 0.15) is 47.5 Å². The van der Waals surface area contributed by atoms with Gasteiger partial charge in [0.25, 0.3) is 5.91 Å². The summed E-state index contributed by atoms with van der Waals surface area (Å²) in [6.07, 6.45) is -5.03. The third-order valence-corrected chi connectivity index (χ3v) is 4.15. The number of unbranched alkanes of at least 4 members (excludes halogenated alkanes) is 1. The maximum Gasteiger partial charge on any atom is 0.254 e. The molecule has 0 aromatic carbocycles. The minimum Gasteiger partial charge on any atom is -0.396 e. The first-order valence-corrected chi connectivity index (χ1v) is 9.45. The lowest BCUT2D eigenvalue weighted by molar-refractivity contribution is -0.309. The van der Waals surface area contributed by atoms with Crippen molar-refractivity contribution in [3.8, 4) is 0 Å². The van der Waals surface area contributed by atoms with Crippen LogP contribution < -0.4 is 0 Å². The number of hydrogen-bond donors (Lipinski definition) is 3. The monoisotopic (exact) mass is 377 g/mol. The molecule has 0 aromatic heterocycles. The number of hydrogen-bond acceptors (Lipinski definition) is 7. The van der Waals surface area contributed by atoms with Crippen LogP contribution in [0.5, 0.6) is 0 Å². The molecule has 1 rings (SSSR count). The molecular formula is C18H35NO7. The Morgan fingerprint density at radius 2 is 1.69 bits per heavy atom. The van der Waals surface area contributed by atoms with Gasteiger partial charge in [-0.25, -0.2) is 0 Å². The van der Waals surface area contributed by atoms with Gasteiger partial charge in [-0.2, -0.15) is 0 Å². The Balaban J connectivity index is 2.99. The van der Waals surface area contributed by atoms with Gasteiger partial charge >= 0.3 is 0 Å². The number of aliphatic hydroxyl groups excluding tert-OH is 3. The van der Waals surface area contributed by atoms with E-state index < -0.39 is 30.7 Å². The average Bonchev–Trinajstić information content (AvgIpc) is 2.57. The van der Waals surface area contributed by atoms with E-state index in [1.54, 1.807) is 32.6 Å². The van der Waals surface area contributed by atoms with E-state index in [9.17, 15) is 15.0 Å². The molecule has 1 saturated heterocycles. The van der Waals surface area contributed by atoms with Gasteiger partial charge in [-0.1, -0.05) is 0 Å². The van der Waals surface area contributed by atoms with Gasteiger partial charge in [0.2, 0.25) is 0 Å². The van der Waals surface area contributed by atoms with E-state index in [2.05, 4.69) is 0 Å². The van der Waals surface area contributed by atoms with E-state index in [0.717, 1.165) is 0 Å². The molecule has 8 heteroatoms. The summed E-state index contributed by atoms with van der Waals surface area (Å²) in [7, 11) is 0. The molecule has 154 valence electrons. The number of likely N-dealkylation sites (N-methyl/N-ethyl adjacent to an activating group) is 1. The van der Waals surface area contributed by atoms with E-state index >= 15 is 0 Å². The predicted octanol–water partition coefficient (Wildman–Crippen LogP) is 0.273. The summed E-state index contributed by atoms with van der Waals surface area (Å²) >= 11 is 0. The molecule has 3 N–H and O–H groups in total. The van der Waals surface area contributed by atoms with Crippen LogP contribution in [0.4, 0.5) is 0 Å². The first kappa shape index (κ1) is 23.3. The Labute approximate surface area is 156 Å². The molecule has 5 atom stereocenters. The molecule has 8 nitrogen and oxygen atoms in total. The van der Waals surface area contributed by atoms with Crippen LogP contribution in [-0.2, 0) is 19.0 Å². The number of ether oxygens (including phenoxy) is 3. The highest BCUT2D eigenvalue weighted by molar-refractivity contribution is 5.82. The van der Waals surface area contributed by atoms with Gasteiger partial charge < -0.3 is 34.4 Å². The molecule has 26 heavy (non-hydrogen) atoms. The van der Waals surface area contributed by atoms with Gasteiger partial charge in [0.05, 0.1) is 12.2 Å². The van der Waals surface area contributed by atoms with Crippen LogP contribution in [0.15, 0.2) is 0 Å². The Morgan fingerprint density at radius 3 is 2.19 bits per heavy atom. The van der Waals surface area contributed by atoms with E-state index in [0.29, 0.717) is 25.9 Å². The number of rotatable bonds is 10. The maximum atomic E-state index is 13.0. The van der Waals surface area contributed by atoms with E-state index in [1.807, 2.05) is 6.92 Å². The lowest BCUT2D eigenvalue weighted by atomic mass is 9.97. The van der Waals surface area contributed by atoms with Crippen LogP contribution in [-0.4, -0.2) is 88.7 Å². The standard InChI is InChI=1S/C18H35NO7/c1-6-19(9-7-8-10-20)17(23)16-15(24-11(2)3)13(21)14(22)18(26-16)25-12(4)5/h11-16,18,20-22H,6-10H2,1-5H3/t13-,14+,15-,16?,18-/m1/s1. The fourth-order valence-electron chi connectivity index (χ4n) is 2.90. The summed E-state index contributed by atoms with van der Waals surface area (Å²) < 4.78 is 17.0. The summed E-state index contributed by atoms with van der Waals surface area (Å²) in [4.78, 5) is 14.6. The molecule has 1 heterocycles. The van der Waals surface area contributed by atoms with E-state index in [-0.39, 0.29) is 24.7 Å². The number of carbonyl (C=O) groups excluding carboxylic acids is 1. The summed E-state index contributed by atoms with van der Waals surface area (Å²) in [5, 5.41) is 29.8. The minimum atomic E-state index is -1.31. The molecule has 1 aliphatic heterocycles. The number of nitrogens with zero attached hydrogens (tertiary/aromatic N) is 1. The topological polar surface area (TPSA) is 109 Å². The first-order valence-electron chi connectivity index (χ1n) is 9.45. The largest absolute Gasteiger partial charge is 0.396 e. The second kappa shape index (κ2) is 11.2. The Bertz CT molecular complexity index is 418. The molecule has 1 unspecified atom stereocenters. The molecule has 0 aromatic rings. The van der Waals surface area contributed by atoms with Crippen molar-refractivity contribution in [1.82, 2.24) is 4.90 Å². The summed E-state index contributed by atoms with van der Waals surface area (Å²) in [6.45, 7) is 10.00. The molecule has 0 saturated carbocycles. The maximum absolute atomic E-state index is 13.0. The zero-order valence-electron chi connectivity index (χ0n) is 16.5. The van der Waals surface area contributed by atoms with Crippen molar-refractivity contribution in [2.75, 3.05) is 19.7 Å². The SMILES string of the molecule is CCN(CCCCO)C(=O)C1O[C@@H](OC(C)C)[C@@H](O)[C@@H](O)[C@H]1OC(C)C. The Hall–Kier alpha value is -0.770. The van der Waals surface area contributed by atoms with Crippen molar-refractivity contribution >= 4 is 5.91 Å². The van der Waals surface area contributed by atoms with Gasteiger partial charge in [-0.05, 0) is 47.5 Å². The molecule has 1 fully saturated rings. The van der Waals surface area contributed by atoms with Crippen LogP contribution in [0.2, 0.25) is 0 Å². The van der Waals surface area contributed by atoms with Crippen LogP contribution in [0, 0.1) is 0 Å². The quantitative estimate of drug-likeness (QED) is 0.469. The molecule has 0 radical (unpaired) electrons. The van der Waals surface area contributed by atoms with Crippen molar-refractivity contribution in [2.24, 2.45) is 0 Å².